The lowest BCUT2D eigenvalue weighted by atomic mass is 10.0. The van der Waals surface area contributed by atoms with Gasteiger partial charge in [-0.3, -0.25) is 4.79 Å². The molecule has 22 heavy (non-hydrogen) atoms. The van der Waals surface area contributed by atoms with Crippen molar-refractivity contribution >= 4 is 17.2 Å². The van der Waals surface area contributed by atoms with E-state index in [-0.39, 0.29) is 5.91 Å². The molecule has 2 aromatic heterocycles. The molecular formula is C14H21N5O2S. The summed E-state index contributed by atoms with van der Waals surface area (Å²) in [6.45, 7) is 8.00. The minimum absolute atomic E-state index is 0.231. The van der Waals surface area contributed by atoms with Crippen molar-refractivity contribution in [1.82, 2.24) is 25.3 Å². The van der Waals surface area contributed by atoms with Gasteiger partial charge in [0.25, 0.3) is 5.91 Å². The van der Waals surface area contributed by atoms with E-state index in [1.54, 1.807) is 0 Å². The van der Waals surface area contributed by atoms with Crippen molar-refractivity contribution in [2.24, 2.45) is 0 Å². The van der Waals surface area contributed by atoms with Gasteiger partial charge in [0.15, 0.2) is 5.82 Å². The molecule has 0 aliphatic heterocycles. The number of thiazole rings is 1. The summed E-state index contributed by atoms with van der Waals surface area (Å²) in [5, 5.41) is 7.76. The van der Waals surface area contributed by atoms with Crippen LogP contribution < -0.4 is 5.32 Å². The fourth-order valence-corrected chi connectivity index (χ4v) is 2.80. The van der Waals surface area contributed by atoms with E-state index in [0.29, 0.717) is 24.0 Å². The third-order valence-electron chi connectivity index (χ3n) is 3.02. The van der Waals surface area contributed by atoms with Crippen molar-refractivity contribution in [2.45, 2.75) is 39.8 Å². The van der Waals surface area contributed by atoms with Crippen LogP contribution in [0, 0.1) is 13.8 Å². The summed E-state index contributed by atoms with van der Waals surface area (Å²) in [7, 11) is 3.84. The molecule has 0 saturated heterocycles. The van der Waals surface area contributed by atoms with E-state index < -0.39 is 5.54 Å². The Hall–Kier alpha value is -1.80. The molecule has 0 saturated carbocycles. The summed E-state index contributed by atoms with van der Waals surface area (Å²) >= 11 is 1.50. The maximum atomic E-state index is 12.4. The Bertz CT molecular complexity index is 675. The topological polar surface area (TPSA) is 84.2 Å². The minimum Gasteiger partial charge on any atom is -0.338 e. The van der Waals surface area contributed by atoms with Crippen molar-refractivity contribution in [3.63, 3.8) is 0 Å². The smallest absolute Gasteiger partial charge is 0.271 e. The lowest BCUT2D eigenvalue weighted by Crippen LogP contribution is -2.42. The molecule has 8 heteroatoms. The summed E-state index contributed by atoms with van der Waals surface area (Å²) in [6, 6.07) is 0. The van der Waals surface area contributed by atoms with Crippen molar-refractivity contribution in [1.29, 1.82) is 0 Å². The highest BCUT2D eigenvalue weighted by atomic mass is 32.1. The van der Waals surface area contributed by atoms with Gasteiger partial charge < -0.3 is 14.7 Å². The molecule has 1 N–H and O–H groups in total. The van der Waals surface area contributed by atoms with Gasteiger partial charge in [0.2, 0.25) is 5.89 Å². The number of aryl methyl sites for hydroxylation is 2. The highest BCUT2D eigenvalue weighted by Gasteiger charge is 2.30. The van der Waals surface area contributed by atoms with Crippen LogP contribution in [0.1, 0.15) is 45.9 Å². The minimum atomic E-state index is -0.741. The van der Waals surface area contributed by atoms with Crippen molar-refractivity contribution < 1.29 is 9.32 Å². The van der Waals surface area contributed by atoms with Crippen LogP contribution in [0.4, 0.5) is 0 Å². The van der Waals surface area contributed by atoms with Crippen LogP contribution in [0.25, 0.3) is 0 Å². The van der Waals surface area contributed by atoms with Crippen LogP contribution in [0.3, 0.4) is 0 Å². The standard InChI is InChI=1S/C14H21N5O2S/c1-8-11(15-9(2)22-8)12(20)17-14(3,4)13-16-10(21-18-13)7-19(5)6/h7H2,1-6H3,(H,17,20). The Balaban J connectivity index is 2.14. The first-order valence-electron chi connectivity index (χ1n) is 6.93. The van der Waals surface area contributed by atoms with Crippen molar-refractivity contribution in [2.75, 3.05) is 14.1 Å². The Labute approximate surface area is 133 Å². The predicted molar refractivity (Wildman–Crippen MR) is 83.8 cm³/mol. The molecule has 1 amide bonds. The highest BCUT2D eigenvalue weighted by molar-refractivity contribution is 7.11. The quantitative estimate of drug-likeness (QED) is 0.904. The van der Waals surface area contributed by atoms with E-state index in [4.69, 9.17) is 4.52 Å². The molecule has 120 valence electrons. The Morgan fingerprint density at radius 1 is 1.32 bits per heavy atom. The first-order valence-corrected chi connectivity index (χ1v) is 7.75. The van der Waals surface area contributed by atoms with E-state index in [2.05, 4.69) is 20.4 Å². The first-order chi connectivity index (χ1) is 10.2. The van der Waals surface area contributed by atoms with Crippen LogP contribution in [0.5, 0.6) is 0 Å². The Kier molecular flexibility index (Phi) is 4.62. The lowest BCUT2D eigenvalue weighted by molar-refractivity contribution is 0.0902. The van der Waals surface area contributed by atoms with Crippen molar-refractivity contribution in [3.05, 3.63) is 27.3 Å². The van der Waals surface area contributed by atoms with Gasteiger partial charge in [-0.2, -0.15) is 4.98 Å². The number of rotatable bonds is 5. The number of carbonyl (C=O) groups excluding carboxylic acids is 1. The molecule has 0 unspecified atom stereocenters. The summed E-state index contributed by atoms with van der Waals surface area (Å²) in [6.07, 6.45) is 0. The molecule has 0 aromatic carbocycles. The number of nitrogens with zero attached hydrogens (tertiary/aromatic N) is 4. The fraction of sp³-hybridized carbons (Fsp3) is 0.571. The summed E-state index contributed by atoms with van der Waals surface area (Å²) in [5.41, 5.74) is -0.289. The SMILES string of the molecule is Cc1nc(C(=O)NC(C)(C)c2noc(CN(C)C)n2)c(C)s1. The zero-order valence-electron chi connectivity index (χ0n) is 13.7. The second kappa shape index (κ2) is 6.13. The molecule has 7 nitrogen and oxygen atoms in total. The largest absolute Gasteiger partial charge is 0.338 e. The molecule has 0 radical (unpaired) electrons. The van der Waals surface area contributed by atoms with Gasteiger partial charge in [0.1, 0.15) is 5.69 Å². The number of hydrogen-bond donors (Lipinski definition) is 1. The third-order valence-corrected chi connectivity index (χ3v) is 3.91. The number of aromatic nitrogens is 3. The zero-order chi connectivity index (χ0) is 16.5. The maximum Gasteiger partial charge on any atom is 0.271 e. The Morgan fingerprint density at radius 3 is 2.55 bits per heavy atom. The van der Waals surface area contributed by atoms with E-state index in [1.165, 1.54) is 11.3 Å². The molecule has 2 aromatic rings. The molecular weight excluding hydrogens is 302 g/mol. The van der Waals surface area contributed by atoms with Gasteiger partial charge in [-0.15, -0.1) is 11.3 Å². The van der Waals surface area contributed by atoms with Gasteiger partial charge in [-0.25, -0.2) is 4.98 Å². The summed E-state index contributed by atoms with van der Waals surface area (Å²) in [4.78, 5) is 23.8. The molecule has 0 bridgehead atoms. The Morgan fingerprint density at radius 2 is 2.00 bits per heavy atom. The monoisotopic (exact) mass is 323 g/mol. The van der Waals surface area contributed by atoms with E-state index in [1.807, 2.05) is 46.7 Å². The average Bonchev–Trinajstić information content (AvgIpc) is 2.95. The number of amides is 1. The lowest BCUT2D eigenvalue weighted by Gasteiger charge is -2.21. The molecule has 2 rings (SSSR count). The molecule has 0 fully saturated rings. The van der Waals surface area contributed by atoms with Gasteiger partial charge in [0, 0.05) is 4.88 Å². The van der Waals surface area contributed by atoms with Crippen molar-refractivity contribution in [3.8, 4) is 0 Å². The van der Waals surface area contributed by atoms with Gasteiger partial charge in [0.05, 0.1) is 17.1 Å². The van der Waals surface area contributed by atoms with E-state index in [9.17, 15) is 4.79 Å². The normalized spacial score (nSPS) is 12.0. The van der Waals surface area contributed by atoms with E-state index in [0.717, 1.165) is 9.88 Å². The molecule has 0 atom stereocenters. The second-order valence-corrected chi connectivity index (χ2v) is 7.37. The zero-order valence-corrected chi connectivity index (χ0v) is 14.5. The van der Waals surface area contributed by atoms with Gasteiger partial charge in [-0.1, -0.05) is 5.16 Å². The molecule has 0 spiro atoms. The molecule has 2 heterocycles. The van der Waals surface area contributed by atoms with E-state index >= 15 is 0 Å². The fourth-order valence-electron chi connectivity index (χ4n) is 1.98. The summed E-state index contributed by atoms with van der Waals surface area (Å²) < 4.78 is 5.21. The van der Waals surface area contributed by atoms with Gasteiger partial charge in [-0.05, 0) is 41.8 Å². The molecule has 0 aliphatic carbocycles. The second-order valence-electron chi connectivity index (χ2n) is 5.97. The number of hydrogen-bond acceptors (Lipinski definition) is 7. The first kappa shape index (κ1) is 16.6. The van der Waals surface area contributed by atoms with Crippen LogP contribution in [0.2, 0.25) is 0 Å². The van der Waals surface area contributed by atoms with Gasteiger partial charge >= 0.3 is 0 Å². The number of carbonyl (C=O) groups is 1. The number of nitrogens with one attached hydrogen (secondary N) is 1. The van der Waals surface area contributed by atoms with Crippen LogP contribution in [0.15, 0.2) is 4.52 Å². The summed E-state index contributed by atoms with van der Waals surface area (Å²) in [5.74, 6) is 0.733. The molecule has 0 aliphatic rings. The maximum absolute atomic E-state index is 12.4. The average molecular weight is 323 g/mol. The third kappa shape index (κ3) is 3.69. The predicted octanol–water partition coefficient (Wildman–Crippen LogP) is 1.87. The highest BCUT2D eigenvalue weighted by Crippen LogP contribution is 2.21. The van der Waals surface area contributed by atoms with Crippen LogP contribution in [-0.2, 0) is 12.1 Å². The van der Waals surface area contributed by atoms with Crippen LogP contribution in [-0.4, -0.2) is 40.0 Å². The van der Waals surface area contributed by atoms with Crippen LogP contribution >= 0.6 is 11.3 Å².